The van der Waals surface area contributed by atoms with Crippen LogP contribution in [0.2, 0.25) is 0 Å². The molecule has 0 spiro atoms. The molecule has 0 radical (unpaired) electrons. The summed E-state index contributed by atoms with van der Waals surface area (Å²) >= 11 is 0. The highest BCUT2D eigenvalue weighted by molar-refractivity contribution is 5.92. The molecular weight excluding hydrogens is 961 g/mol. The summed E-state index contributed by atoms with van der Waals surface area (Å²) in [5, 5.41) is 12.5. The van der Waals surface area contributed by atoms with Crippen LogP contribution in [0.1, 0.15) is 69.1 Å². The first-order chi connectivity index (χ1) is 35.9. The van der Waals surface area contributed by atoms with Crippen LogP contribution in [-0.2, 0) is 52.2 Å². The van der Waals surface area contributed by atoms with E-state index in [0.29, 0.717) is 0 Å². The summed E-state index contributed by atoms with van der Waals surface area (Å²) in [5.74, 6) is -6.59. The molecule has 10 atom stereocenters. The minimum atomic E-state index is -2.07. The Hall–Kier alpha value is -8.55. The molecule has 2 aliphatic rings. The maximum atomic E-state index is 14.2. The number of aliphatic hydroxyl groups excluding tert-OH is 1. The Bertz CT molecular complexity index is 2850. The first-order valence-corrected chi connectivity index (χ1v) is 23.2. The largest absolute Gasteiger partial charge is 0.459 e. The zero-order valence-corrected chi connectivity index (χ0v) is 39.4. The average molecular weight is 1010 g/mol. The Balaban J connectivity index is 1.24. The van der Waals surface area contributed by atoms with Gasteiger partial charge >= 0.3 is 41.8 Å². The van der Waals surface area contributed by atoms with Gasteiger partial charge in [-0.1, -0.05) is 109 Å². The van der Waals surface area contributed by atoms with Crippen LogP contribution < -0.4 is 0 Å². The minimum absolute atomic E-state index is 0.000755. The predicted octanol–water partition coefficient (Wildman–Crippen LogP) is 6.36. The van der Waals surface area contributed by atoms with Crippen LogP contribution in [0, 0.1) is 0 Å². The highest BCUT2D eigenvalue weighted by Crippen LogP contribution is 2.36. The molecule has 2 heterocycles. The molecule has 0 aliphatic carbocycles. The number of hydrogen-bond donors (Lipinski definition) is 1. The fourth-order valence-electron chi connectivity index (χ4n) is 7.95. The first-order valence-electron chi connectivity index (χ1n) is 23.2. The smallest absolute Gasteiger partial charge is 0.338 e. The zero-order valence-electron chi connectivity index (χ0n) is 39.4. The average Bonchev–Trinajstić information content (AvgIpc) is 3.44. The second kappa shape index (κ2) is 24.7. The van der Waals surface area contributed by atoms with E-state index in [4.69, 9.17) is 47.4 Å². The third kappa shape index (κ3) is 13.1. The third-order valence-corrected chi connectivity index (χ3v) is 11.6. The van der Waals surface area contributed by atoms with Crippen LogP contribution in [-0.4, -0.2) is 122 Å². The number of hydrogen-bond acceptors (Lipinski definition) is 18. The number of carbonyl (C=O) groups is 7. The van der Waals surface area contributed by atoms with Crippen LogP contribution >= 0.6 is 0 Å². The number of esters is 7. The summed E-state index contributed by atoms with van der Waals surface area (Å²) in [5.41, 5.74) is 0.350. The minimum Gasteiger partial charge on any atom is -0.459 e. The van der Waals surface area contributed by atoms with Crippen LogP contribution in [0.5, 0.6) is 0 Å². The lowest BCUT2D eigenvalue weighted by Crippen LogP contribution is -2.67. The van der Waals surface area contributed by atoms with Crippen molar-refractivity contribution in [2.24, 2.45) is 0 Å². The molecule has 0 aromatic heterocycles. The van der Waals surface area contributed by atoms with E-state index in [1.165, 1.54) is 72.8 Å². The fourth-order valence-corrected chi connectivity index (χ4v) is 7.95. The molecule has 18 heteroatoms. The van der Waals surface area contributed by atoms with Crippen molar-refractivity contribution in [2.45, 2.75) is 68.3 Å². The molecule has 0 amide bonds. The monoisotopic (exact) mass is 1010 g/mol. The Kier molecular flexibility index (Phi) is 17.3. The molecule has 6 aromatic rings. The van der Waals surface area contributed by atoms with Gasteiger partial charge in [-0.25, -0.2) is 28.8 Å². The van der Waals surface area contributed by atoms with E-state index >= 15 is 0 Å². The fraction of sp³-hybridized carbons (Fsp3) is 0.232. The van der Waals surface area contributed by atoms with E-state index in [9.17, 15) is 38.7 Å². The van der Waals surface area contributed by atoms with Crippen LogP contribution in [0.4, 0.5) is 0 Å². The van der Waals surface area contributed by atoms with Crippen LogP contribution in [0.25, 0.3) is 0 Å². The van der Waals surface area contributed by atoms with Crippen molar-refractivity contribution < 1.29 is 86.0 Å². The number of ether oxygens (including phenoxy) is 10. The summed E-state index contributed by atoms with van der Waals surface area (Å²) in [7, 11) is 0. The lowest BCUT2D eigenvalue weighted by molar-refractivity contribution is -0.353. The van der Waals surface area contributed by atoms with E-state index in [2.05, 4.69) is 0 Å². The molecule has 8 rings (SSSR count). The van der Waals surface area contributed by atoms with Gasteiger partial charge in [0.05, 0.1) is 33.4 Å². The van der Waals surface area contributed by atoms with Gasteiger partial charge in [-0.15, -0.1) is 0 Å². The van der Waals surface area contributed by atoms with E-state index in [0.717, 1.165) is 6.92 Å². The van der Waals surface area contributed by atoms with Crippen LogP contribution in [0.3, 0.4) is 0 Å². The van der Waals surface area contributed by atoms with Crippen molar-refractivity contribution >= 4 is 41.8 Å². The zero-order chi connectivity index (χ0) is 52.0. The van der Waals surface area contributed by atoms with Crippen molar-refractivity contribution in [2.75, 3.05) is 13.2 Å². The van der Waals surface area contributed by atoms with Gasteiger partial charge in [0.25, 0.3) is 0 Å². The topological polar surface area (TPSA) is 232 Å². The Morgan fingerprint density at radius 3 is 1.03 bits per heavy atom. The normalized spacial score (nSPS) is 23.2. The van der Waals surface area contributed by atoms with Gasteiger partial charge < -0.3 is 52.5 Å². The quantitative estimate of drug-likeness (QED) is 0.0773. The molecular formula is C56H48O18. The van der Waals surface area contributed by atoms with Crippen molar-refractivity contribution in [3.63, 3.8) is 0 Å². The van der Waals surface area contributed by atoms with Gasteiger partial charge in [0.1, 0.15) is 37.6 Å². The van der Waals surface area contributed by atoms with Gasteiger partial charge in [-0.2, -0.15) is 0 Å². The van der Waals surface area contributed by atoms with Gasteiger partial charge in [-0.3, -0.25) is 4.79 Å². The number of benzene rings is 6. The Labute approximate surface area is 423 Å². The Morgan fingerprint density at radius 2 is 0.662 bits per heavy atom. The summed E-state index contributed by atoms with van der Waals surface area (Å²) < 4.78 is 60.6. The molecule has 18 nitrogen and oxygen atoms in total. The first kappa shape index (κ1) is 51.8. The number of carbonyl (C=O) groups excluding carboxylic acids is 7. The molecule has 6 aromatic carbocycles. The molecule has 0 unspecified atom stereocenters. The summed E-state index contributed by atoms with van der Waals surface area (Å²) in [6, 6.07) is 46.4. The molecule has 0 saturated carbocycles. The van der Waals surface area contributed by atoms with Crippen LogP contribution in [0.15, 0.2) is 182 Å². The highest BCUT2D eigenvalue weighted by Gasteiger charge is 2.58. The van der Waals surface area contributed by atoms with E-state index in [-0.39, 0.29) is 33.4 Å². The second-order valence-corrected chi connectivity index (χ2v) is 16.7. The van der Waals surface area contributed by atoms with Crippen molar-refractivity contribution in [1.82, 2.24) is 0 Å². The molecule has 74 heavy (non-hydrogen) atoms. The number of rotatable bonds is 17. The lowest BCUT2D eigenvalue weighted by Gasteiger charge is -2.48. The molecule has 2 aliphatic heterocycles. The lowest BCUT2D eigenvalue weighted by atomic mass is 9.95. The molecule has 2 fully saturated rings. The summed E-state index contributed by atoms with van der Waals surface area (Å²) in [6.07, 6.45) is -18.7. The maximum Gasteiger partial charge on any atom is 0.338 e. The molecule has 2 saturated heterocycles. The highest BCUT2D eigenvalue weighted by atomic mass is 16.8. The number of aliphatic hydroxyl groups is 1. The Morgan fingerprint density at radius 1 is 0.365 bits per heavy atom. The summed E-state index contributed by atoms with van der Waals surface area (Å²) in [6.45, 7) is -0.399. The second-order valence-electron chi connectivity index (χ2n) is 16.7. The van der Waals surface area contributed by atoms with E-state index in [1.807, 2.05) is 0 Å². The van der Waals surface area contributed by atoms with Gasteiger partial charge in [0, 0.05) is 6.92 Å². The van der Waals surface area contributed by atoms with Crippen molar-refractivity contribution in [1.29, 1.82) is 0 Å². The van der Waals surface area contributed by atoms with E-state index in [1.54, 1.807) is 109 Å². The van der Waals surface area contributed by atoms with Crippen molar-refractivity contribution in [3.05, 3.63) is 215 Å². The van der Waals surface area contributed by atoms with Gasteiger partial charge in [-0.05, 0) is 72.8 Å². The standard InChI is InChI=1S/C56H48O18/c1-34(57)67-56-48(73-54(64)40-30-18-7-19-31-40)47(45(71-52(62)38-26-14-5-15-27-38)42(69-56)33-66-50(60)36-22-10-3-11-23-36)74-55-46(72-53(63)39-28-16-6-17-29-39)43(58)44(70-51(61)37-24-12-4-13-25-37)41(68-55)32-65-49(59)35-20-8-2-9-21-35/h2-31,41-48,55-56,58H,32-33H2,1H3/t41-,42-,43+,44+,45+,46-,47+,48-,55+,56-/m1/s1. The molecule has 0 bridgehead atoms. The molecule has 1 N–H and O–H groups in total. The summed E-state index contributed by atoms with van der Waals surface area (Å²) in [4.78, 5) is 95.9. The van der Waals surface area contributed by atoms with Gasteiger partial charge in [0.2, 0.25) is 6.29 Å². The third-order valence-electron chi connectivity index (χ3n) is 11.6. The molecule has 380 valence electrons. The van der Waals surface area contributed by atoms with Crippen molar-refractivity contribution in [3.8, 4) is 0 Å². The SMILES string of the molecule is CC(=O)O[C@@H]1O[C@H](COC(=O)c2ccccc2)[C@H](OC(=O)c2ccccc2)[C@H](O[C@@H]2O[C@H](COC(=O)c3ccccc3)[C@H](OC(=O)c3ccccc3)[C@H](O)[C@H]2OC(=O)c2ccccc2)[C@H]1OC(=O)c1ccccc1. The predicted molar refractivity (Wildman–Crippen MR) is 256 cm³/mol. The van der Waals surface area contributed by atoms with E-state index < -0.39 is 116 Å². The van der Waals surface area contributed by atoms with Gasteiger partial charge in [0.15, 0.2) is 30.7 Å². The maximum absolute atomic E-state index is 14.2.